The molecule has 0 saturated heterocycles. The molecule has 7 nitrogen and oxygen atoms in total. The quantitative estimate of drug-likeness (QED) is 0.171. The van der Waals surface area contributed by atoms with E-state index in [0.29, 0.717) is 29.4 Å². The highest BCUT2D eigenvalue weighted by atomic mass is 127. The molecule has 2 N–H and O–H groups in total. The van der Waals surface area contributed by atoms with Crippen LogP contribution in [0.1, 0.15) is 29.2 Å². The molecule has 0 aliphatic carbocycles. The minimum Gasteiger partial charge on any atom is -0.490 e. The number of ether oxygens (including phenoxy) is 2. The van der Waals surface area contributed by atoms with Gasteiger partial charge in [0.2, 0.25) is 0 Å². The van der Waals surface area contributed by atoms with E-state index >= 15 is 0 Å². The predicted molar refractivity (Wildman–Crippen MR) is 144 cm³/mol. The number of hydrogen-bond acceptors (Lipinski definition) is 5. The lowest BCUT2D eigenvalue weighted by Gasteiger charge is -2.15. The molecule has 3 aromatic carbocycles. The summed E-state index contributed by atoms with van der Waals surface area (Å²) in [5, 5.41) is 16.1. The van der Waals surface area contributed by atoms with Crippen LogP contribution in [-0.4, -0.2) is 18.9 Å². The van der Waals surface area contributed by atoms with Gasteiger partial charge in [-0.15, -0.1) is 0 Å². The van der Waals surface area contributed by atoms with Crippen molar-refractivity contribution in [2.24, 2.45) is 5.10 Å². The monoisotopic (exact) mass is 632 g/mol. The average Bonchev–Trinajstić information content (AvgIpc) is 2.81. The minimum absolute atomic E-state index is 0.241. The van der Waals surface area contributed by atoms with E-state index < -0.39 is 6.03 Å². The molecule has 0 bridgehead atoms. The first-order valence-electron chi connectivity index (χ1n) is 10.3. The molecule has 34 heavy (non-hydrogen) atoms. The lowest BCUT2D eigenvalue weighted by molar-refractivity contribution is 0.252. The number of benzene rings is 3. The van der Waals surface area contributed by atoms with Gasteiger partial charge in [0.05, 0.1) is 28.0 Å². The van der Waals surface area contributed by atoms with Gasteiger partial charge in [0, 0.05) is 15.7 Å². The molecular formula is C25H22BrIN4O3. The molecule has 0 aliphatic heterocycles. The van der Waals surface area contributed by atoms with Crippen LogP contribution in [0.2, 0.25) is 0 Å². The van der Waals surface area contributed by atoms with Gasteiger partial charge in [-0.25, -0.2) is 10.2 Å². The lowest BCUT2D eigenvalue weighted by Crippen LogP contribution is -2.24. The molecule has 3 aromatic rings. The van der Waals surface area contributed by atoms with Crippen molar-refractivity contribution < 1.29 is 14.3 Å². The summed E-state index contributed by atoms with van der Waals surface area (Å²) in [7, 11) is 0. The number of nitriles is 1. The van der Waals surface area contributed by atoms with Crippen molar-refractivity contribution in [1.29, 1.82) is 5.26 Å². The highest BCUT2D eigenvalue weighted by Gasteiger charge is 2.13. The second-order valence-electron chi connectivity index (χ2n) is 7.11. The van der Waals surface area contributed by atoms with Crippen molar-refractivity contribution in [3.63, 3.8) is 0 Å². The lowest BCUT2D eigenvalue weighted by atomic mass is 10.1. The maximum Gasteiger partial charge on any atom is 0.339 e. The molecule has 3 rings (SSSR count). The van der Waals surface area contributed by atoms with Crippen LogP contribution >= 0.6 is 38.5 Å². The number of carbonyl (C=O) groups is 1. The summed E-state index contributed by atoms with van der Waals surface area (Å²) in [5.74, 6) is 1.14. The van der Waals surface area contributed by atoms with E-state index in [0.717, 1.165) is 24.7 Å². The summed E-state index contributed by atoms with van der Waals surface area (Å²) >= 11 is 5.60. The Labute approximate surface area is 220 Å². The Morgan fingerprint density at radius 2 is 2.00 bits per heavy atom. The van der Waals surface area contributed by atoms with Crippen molar-refractivity contribution in [1.82, 2.24) is 5.43 Å². The van der Waals surface area contributed by atoms with Crippen LogP contribution in [0.25, 0.3) is 0 Å². The van der Waals surface area contributed by atoms with E-state index in [1.54, 1.807) is 18.2 Å². The first-order valence-corrected chi connectivity index (χ1v) is 12.2. The van der Waals surface area contributed by atoms with Gasteiger partial charge < -0.3 is 14.8 Å². The molecule has 0 aliphatic rings. The van der Waals surface area contributed by atoms with E-state index in [1.807, 2.05) is 50.2 Å². The maximum absolute atomic E-state index is 12.1. The van der Waals surface area contributed by atoms with Crippen LogP contribution in [0.5, 0.6) is 11.5 Å². The molecule has 2 amide bonds. The fraction of sp³-hybridized carbons (Fsp3) is 0.160. The third-order valence-electron chi connectivity index (χ3n) is 4.64. The van der Waals surface area contributed by atoms with Gasteiger partial charge in [-0.1, -0.05) is 34.1 Å². The van der Waals surface area contributed by atoms with Crippen LogP contribution < -0.4 is 20.2 Å². The predicted octanol–water partition coefficient (Wildman–Crippen LogP) is 6.37. The molecule has 0 atom stereocenters. The molecule has 0 aromatic heterocycles. The molecular weight excluding hydrogens is 611 g/mol. The molecule has 174 valence electrons. The average molecular weight is 633 g/mol. The Hall–Kier alpha value is -3.10. The summed E-state index contributed by atoms with van der Waals surface area (Å²) in [6.45, 7) is 4.52. The molecule has 0 fully saturated rings. The fourth-order valence-electron chi connectivity index (χ4n) is 3.02. The smallest absolute Gasteiger partial charge is 0.339 e. The van der Waals surface area contributed by atoms with Crippen LogP contribution in [0.15, 0.2) is 64.2 Å². The summed E-state index contributed by atoms with van der Waals surface area (Å²) < 4.78 is 13.6. The van der Waals surface area contributed by atoms with E-state index in [9.17, 15) is 10.1 Å². The van der Waals surface area contributed by atoms with Gasteiger partial charge >= 0.3 is 6.03 Å². The molecule has 0 saturated carbocycles. The fourth-order valence-corrected chi connectivity index (χ4v) is 4.05. The van der Waals surface area contributed by atoms with Crippen LogP contribution in [0.4, 0.5) is 10.5 Å². The molecule has 0 radical (unpaired) electrons. The number of halogens is 2. The second-order valence-corrected chi connectivity index (χ2v) is 9.13. The van der Waals surface area contributed by atoms with Crippen molar-refractivity contribution in [2.75, 3.05) is 11.9 Å². The van der Waals surface area contributed by atoms with Gasteiger partial charge in [-0.2, -0.15) is 10.4 Å². The highest BCUT2D eigenvalue weighted by Crippen LogP contribution is 2.34. The van der Waals surface area contributed by atoms with Gasteiger partial charge in [0.1, 0.15) is 6.61 Å². The Kier molecular flexibility index (Phi) is 9.30. The second kappa shape index (κ2) is 12.4. The number of anilines is 1. The number of nitrogens with zero attached hydrogens (tertiary/aromatic N) is 2. The van der Waals surface area contributed by atoms with Crippen molar-refractivity contribution in [2.45, 2.75) is 20.5 Å². The number of amides is 2. The Balaban J connectivity index is 1.69. The summed E-state index contributed by atoms with van der Waals surface area (Å²) in [6.07, 6.45) is 1.53. The normalized spacial score (nSPS) is 10.6. The number of hydrogen-bond donors (Lipinski definition) is 2. The van der Waals surface area contributed by atoms with Gasteiger partial charge in [0.25, 0.3) is 0 Å². The zero-order valence-electron chi connectivity index (χ0n) is 18.6. The van der Waals surface area contributed by atoms with Gasteiger partial charge in [0.15, 0.2) is 11.5 Å². The Morgan fingerprint density at radius 3 is 2.74 bits per heavy atom. The Bertz CT molecular complexity index is 1260. The maximum atomic E-state index is 12.1. The van der Waals surface area contributed by atoms with E-state index in [1.165, 1.54) is 6.21 Å². The number of carbonyl (C=O) groups excluding carboxylic acids is 1. The van der Waals surface area contributed by atoms with Crippen molar-refractivity contribution >= 4 is 56.5 Å². The zero-order chi connectivity index (χ0) is 24.5. The molecule has 0 heterocycles. The first kappa shape index (κ1) is 25.5. The van der Waals surface area contributed by atoms with E-state index in [2.05, 4.69) is 60.4 Å². The summed E-state index contributed by atoms with van der Waals surface area (Å²) in [6, 6.07) is 18.2. The van der Waals surface area contributed by atoms with Crippen LogP contribution in [0, 0.1) is 21.8 Å². The molecule has 0 unspecified atom stereocenters. The number of nitrogens with one attached hydrogen (secondary N) is 2. The van der Waals surface area contributed by atoms with Gasteiger partial charge in [-0.05, 0) is 84.0 Å². The topological polar surface area (TPSA) is 95.7 Å². The Morgan fingerprint density at radius 1 is 1.21 bits per heavy atom. The highest BCUT2D eigenvalue weighted by molar-refractivity contribution is 14.1. The number of hydrazone groups is 1. The van der Waals surface area contributed by atoms with Crippen LogP contribution in [0.3, 0.4) is 0 Å². The van der Waals surface area contributed by atoms with E-state index in [-0.39, 0.29) is 6.61 Å². The summed E-state index contributed by atoms with van der Waals surface area (Å²) in [5.41, 5.74) is 6.24. The van der Waals surface area contributed by atoms with Gasteiger partial charge in [-0.3, -0.25) is 0 Å². The SMILES string of the molecule is CCOc1cc(/C=N/NC(=O)Nc2ccc(Br)c(C)c2)cc(I)c1OCc1ccccc1C#N. The van der Waals surface area contributed by atoms with Crippen LogP contribution in [-0.2, 0) is 6.61 Å². The third-order valence-corrected chi connectivity index (χ3v) is 6.33. The first-order chi connectivity index (χ1) is 16.4. The standard InChI is InChI=1S/C25H22BrIN4O3/c1-3-33-23-12-17(14-29-31-25(32)30-20-8-9-21(26)16(2)10-20)11-22(27)24(23)34-15-19-7-5-4-6-18(19)13-28/h4-12,14H,3,15H2,1-2H3,(H2,30,31,32)/b29-14+. The number of rotatable bonds is 8. The third kappa shape index (κ3) is 6.95. The summed E-state index contributed by atoms with van der Waals surface area (Å²) in [4.78, 5) is 12.1. The molecule has 0 spiro atoms. The zero-order valence-corrected chi connectivity index (χ0v) is 22.3. The van der Waals surface area contributed by atoms with E-state index in [4.69, 9.17) is 9.47 Å². The number of urea groups is 1. The molecule has 9 heteroatoms. The van der Waals surface area contributed by atoms with Crippen molar-refractivity contribution in [3.05, 3.63) is 84.9 Å². The minimum atomic E-state index is -0.450. The largest absolute Gasteiger partial charge is 0.490 e. The number of aryl methyl sites for hydroxylation is 1. The van der Waals surface area contributed by atoms with Crippen molar-refractivity contribution in [3.8, 4) is 17.6 Å².